The van der Waals surface area contributed by atoms with Crippen LogP contribution in [-0.4, -0.2) is 69.3 Å². The van der Waals surface area contributed by atoms with E-state index in [-0.39, 0.29) is 0 Å². The van der Waals surface area contributed by atoms with E-state index in [0.29, 0.717) is 6.04 Å². The van der Waals surface area contributed by atoms with Crippen LogP contribution in [0.2, 0.25) is 10.0 Å². The lowest BCUT2D eigenvalue weighted by Gasteiger charge is -2.36. The van der Waals surface area contributed by atoms with Gasteiger partial charge in [0.15, 0.2) is 11.6 Å². The first-order valence-corrected chi connectivity index (χ1v) is 12.0. The van der Waals surface area contributed by atoms with Crippen LogP contribution in [0.1, 0.15) is 18.4 Å². The maximum Gasteiger partial charge on any atom is 0.490 e. The second-order valence-electron chi connectivity index (χ2n) is 8.48. The number of carboxylic acid groups (broad SMARTS) is 1. The molecule has 2 aliphatic rings. The largest absolute Gasteiger partial charge is 0.490 e. The summed E-state index contributed by atoms with van der Waals surface area (Å²) < 4.78 is 31.7. The Balaban J connectivity index is 0.000000384. The predicted octanol–water partition coefficient (Wildman–Crippen LogP) is 4.86. The number of aliphatic carboxylic acids is 1. The number of nitrogens with zero attached hydrogens (tertiary/aromatic N) is 5. The van der Waals surface area contributed by atoms with Crippen LogP contribution >= 0.6 is 23.2 Å². The van der Waals surface area contributed by atoms with Crippen molar-refractivity contribution in [3.8, 4) is 0 Å². The molecule has 13 heteroatoms. The zero-order valence-electron chi connectivity index (χ0n) is 19.0. The maximum absolute atomic E-state index is 10.6. The highest BCUT2D eigenvalue weighted by atomic mass is 35.5. The number of benzene rings is 1. The molecular formula is C23H23Cl2F3N6O2. The Morgan fingerprint density at radius 1 is 1.08 bits per heavy atom. The molecule has 0 bridgehead atoms. The number of halogens is 5. The van der Waals surface area contributed by atoms with E-state index < -0.39 is 12.1 Å². The number of carboxylic acids is 1. The molecule has 0 unspecified atom stereocenters. The molecule has 0 amide bonds. The molecule has 36 heavy (non-hydrogen) atoms. The number of pyridine rings is 1. The fourth-order valence-electron chi connectivity index (χ4n) is 3.66. The van der Waals surface area contributed by atoms with Crippen LogP contribution in [0.25, 0.3) is 11.0 Å². The Morgan fingerprint density at radius 2 is 1.78 bits per heavy atom. The molecule has 1 saturated carbocycles. The highest BCUT2D eigenvalue weighted by molar-refractivity contribution is 6.33. The number of fused-ring (bicyclic) bond motifs is 1. The van der Waals surface area contributed by atoms with Crippen molar-refractivity contribution in [2.24, 2.45) is 0 Å². The van der Waals surface area contributed by atoms with Gasteiger partial charge in [0.1, 0.15) is 5.52 Å². The van der Waals surface area contributed by atoms with E-state index in [9.17, 15) is 13.2 Å². The van der Waals surface area contributed by atoms with Crippen molar-refractivity contribution in [2.75, 3.05) is 36.4 Å². The third-order valence-electron chi connectivity index (χ3n) is 5.68. The normalized spacial score (nSPS) is 16.4. The molecule has 3 heterocycles. The van der Waals surface area contributed by atoms with Crippen LogP contribution < -0.4 is 10.2 Å². The number of hydrogen-bond acceptors (Lipinski definition) is 7. The van der Waals surface area contributed by atoms with Crippen LogP contribution in [0.3, 0.4) is 0 Å². The van der Waals surface area contributed by atoms with Crippen molar-refractivity contribution in [3.05, 3.63) is 52.3 Å². The van der Waals surface area contributed by atoms with Crippen molar-refractivity contribution in [3.63, 3.8) is 0 Å². The summed E-state index contributed by atoms with van der Waals surface area (Å²) in [6.45, 7) is 4.45. The molecule has 1 aromatic carbocycles. The molecule has 1 aliphatic heterocycles. The van der Waals surface area contributed by atoms with Crippen molar-refractivity contribution in [2.45, 2.75) is 31.6 Å². The summed E-state index contributed by atoms with van der Waals surface area (Å²) in [7, 11) is 0. The number of hydrogen-bond donors (Lipinski definition) is 2. The van der Waals surface area contributed by atoms with Gasteiger partial charge in [-0.25, -0.2) is 14.8 Å². The Kier molecular flexibility index (Phi) is 8.01. The van der Waals surface area contributed by atoms with Crippen molar-refractivity contribution in [1.82, 2.24) is 19.9 Å². The maximum atomic E-state index is 10.6. The number of nitrogens with one attached hydrogen (secondary N) is 1. The fourth-order valence-corrected chi connectivity index (χ4v) is 4.03. The lowest BCUT2D eigenvalue weighted by atomic mass is 10.2. The number of anilines is 2. The molecule has 192 valence electrons. The summed E-state index contributed by atoms with van der Waals surface area (Å²) in [6, 6.07) is 8.09. The Hall–Kier alpha value is -2.89. The van der Waals surface area contributed by atoms with Crippen LogP contribution in [0.5, 0.6) is 0 Å². The van der Waals surface area contributed by atoms with Crippen LogP contribution in [-0.2, 0) is 11.3 Å². The Morgan fingerprint density at radius 3 is 2.42 bits per heavy atom. The summed E-state index contributed by atoms with van der Waals surface area (Å²) in [5.74, 6) is -0.942. The summed E-state index contributed by atoms with van der Waals surface area (Å²) in [5.41, 5.74) is 2.78. The molecule has 3 aromatic rings. The van der Waals surface area contributed by atoms with E-state index in [1.807, 2.05) is 24.3 Å². The second kappa shape index (κ2) is 11.0. The zero-order valence-corrected chi connectivity index (χ0v) is 20.5. The quantitative estimate of drug-likeness (QED) is 0.472. The Labute approximate surface area is 215 Å². The van der Waals surface area contributed by atoms with E-state index in [1.54, 1.807) is 12.4 Å². The van der Waals surface area contributed by atoms with Crippen molar-refractivity contribution < 1.29 is 23.1 Å². The molecule has 2 aromatic heterocycles. The number of carbonyl (C=O) groups is 1. The van der Waals surface area contributed by atoms with Crippen LogP contribution in [0.4, 0.5) is 24.8 Å². The van der Waals surface area contributed by atoms with Crippen LogP contribution in [0, 0.1) is 0 Å². The molecule has 0 atom stereocenters. The van der Waals surface area contributed by atoms with Gasteiger partial charge in [-0.15, -0.1) is 0 Å². The minimum atomic E-state index is -5.08. The first-order chi connectivity index (χ1) is 17.1. The van der Waals surface area contributed by atoms with Gasteiger partial charge in [-0.2, -0.15) is 13.2 Å². The molecule has 2 N–H and O–H groups in total. The summed E-state index contributed by atoms with van der Waals surface area (Å²) in [6.07, 6.45) is 0.846. The van der Waals surface area contributed by atoms with Gasteiger partial charge >= 0.3 is 12.1 Å². The topological polar surface area (TPSA) is 94.5 Å². The monoisotopic (exact) mass is 542 g/mol. The molecular weight excluding hydrogens is 520 g/mol. The number of piperazine rings is 1. The molecule has 5 rings (SSSR count). The van der Waals surface area contributed by atoms with Gasteiger partial charge in [0.2, 0.25) is 0 Å². The summed E-state index contributed by atoms with van der Waals surface area (Å²) >= 11 is 12.5. The Bertz CT molecular complexity index is 1230. The SMILES string of the molecule is Clc1ccc(Cl)c(CN2CCN(c3nc4ccncc4nc3NC3CC3)CC2)c1.O=C(O)C(F)(F)F. The van der Waals surface area contributed by atoms with E-state index >= 15 is 0 Å². The zero-order chi connectivity index (χ0) is 25.9. The third kappa shape index (κ3) is 6.86. The van der Waals surface area contributed by atoms with Gasteiger partial charge < -0.3 is 15.3 Å². The molecule has 0 spiro atoms. The number of rotatable bonds is 5. The number of aromatic nitrogens is 3. The number of alkyl halides is 3. The molecule has 1 saturated heterocycles. The van der Waals surface area contributed by atoms with E-state index in [4.69, 9.17) is 43.1 Å². The van der Waals surface area contributed by atoms with E-state index in [1.165, 1.54) is 12.8 Å². The molecule has 2 fully saturated rings. The van der Waals surface area contributed by atoms with Gasteiger partial charge in [-0.05, 0) is 42.7 Å². The lowest BCUT2D eigenvalue weighted by Crippen LogP contribution is -2.46. The standard InChI is InChI=1S/C21H22Cl2N6.C2HF3O2/c22-15-1-4-17(23)14(11-15)13-28-7-9-29(10-8-28)21-20(25-16-2-3-16)26-19-12-24-6-5-18(19)27-21;3-2(4,5)1(6)7/h1,4-6,11-12,16H,2-3,7-10,13H2,(H,25,26);(H,6,7). The highest BCUT2D eigenvalue weighted by Gasteiger charge is 2.38. The molecule has 8 nitrogen and oxygen atoms in total. The minimum Gasteiger partial charge on any atom is -0.475 e. The lowest BCUT2D eigenvalue weighted by molar-refractivity contribution is -0.192. The van der Waals surface area contributed by atoms with Crippen molar-refractivity contribution in [1.29, 1.82) is 0 Å². The molecule has 0 radical (unpaired) electrons. The highest BCUT2D eigenvalue weighted by Crippen LogP contribution is 2.31. The van der Waals surface area contributed by atoms with E-state index in [2.05, 4.69) is 20.1 Å². The average molecular weight is 543 g/mol. The average Bonchev–Trinajstić information content (AvgIpc) is 3.65. The first-order valence-electron chi connectivity index (χ1n) is 11.2. The second-order valence-corrected chi connectivity index (χ2v) is 9.32. The van der Waals surface area contributed by atoms with E-state index in [0.717, 1.165) is 71.0 Å². The third-order valence-corrected chi connectivity index (χ3v) is 6.29. The minimum absolute atomic E-state index is 0.517. The van der Waals surface area contributed by atoms with Gasteiger partial charge in [0, 0.05) is 55.0 Å². The first kappa shape index (κ1) is 26.2. The van der Waals surface area contributed by atoms with Gasteiger partial charge in [0.05, 0.1) is 11.7 Å². The van der Waals surface area contributed by atoms with Gasteiger partial charge in [-0.1, -0.05) is 23.2 Å². The van der Waals surface area contributed by atoms with Crippen LogP contribution in [0.15, 0.2) is 36.7 Å². The smallest absolute Gasteiger partial charge is 0.475 e. The summed E-state index contributed by atoms with van der Waals surface area (Å²) in [4.78, 5) is 27.5. The van der Waals surface area contributed by atoms with Crippen molar-refractivity contribution >= 4 is 51.8 Å². The fraction of sp³-hybridized carbons (Fsp3) is 0.391. The molecule has 1 aliphatic carbocycles. The van der Waals surface area contributed by atoms with Gasteiger partial charge in [-0.3, -0.25) is 9.88 Å². The van der Waals surface area contributed by atoms with Gasteiger partial charge in [0.25, 0.3) is 0 Å². The summed E-state index contributed by atoms with van der Waals surface area (Å²) in [5, 5.41) is 12.2. The predicted molar refractivity (Wildman–Crippen MR) is 132 cm³/mol.